The van der Waals surface area contributed by atoms with Gasteiger partial charge in [-0.05, 0) is 37.3 Å². The fourth-order valence-electron chi connectivity index (χ4n) is 1.81. The minimum Gasteiger partial charge on any atom is -0.268 e. The number of hydrogen-bond donors (Lipinski definition) is 1. The summed E-state index contributed by atoms with van der Waals surface area (Å²) in [5, 5.41) is 8.20. The summed E-state index contributed by atoms with van der Waals surface area (Å²) < 4.78 is 1.95. The summed E-state index contributed by atoms with van der Waals surface area (Å²) in [6.07, 6.45) is 0. The van der Waals surface area contributed by atoms with Crippen LogP contribution >= 0.6 is 35.2 Å². The van der Waals surface area contributed by atoms with Gasteiger partial charge in [-0.3, -0.25) is 9.89 Å². The van der Waals surface area contributed by atoms with Crippen molar-refractivity contribution in [1.82, 2.24) is 19.7 Å². The predicted molar refractivity (Wildman–Crippen MR) is 77.9 cm³/mol. The Balaban J connectivity index is 2.41. The van der Waals surface area contributed by atoms with Crippen molar-refractivity contribution in [2.45, 2.75) is 6.92 Å². The zero-order valence-corrected chi connectivity index (χ0v) is 12.1. The fourth-order valence-corrected chi connectivity index (χ4v) is 2.90. The van der Waals surface area contributed by atoms with Crippen molar-refractivity contribution >= 4 is 46.1 Å². The summed E-state index contributed by atoms with van der Waals surface area (Å²) >= 11 is 12.1. The van der Waals surface area contributed by atoms with Crippen molar-refractivity contribution in [3.63, 3.8) is 0 Å². The van der Waals surface area contributed by atoms with Gasteiger partial charge in [0.15, 0.2) is 3.95 Å². The van der Waals surface area contributed by atoms with E-state index < -0.39 is 0 Å². The Labute approximate surface area is 121 Å². The molecule has 1 N–H and O–H groups in total. The van der Waals surface area contributed by atoms with Crippen molar-refractivity contribution in [3.05, 3.63) is 43.4 Å². The van der Waals surface area contributed by atoms with Crippen LogP contribution in [0.15, 0.2) is 23.0 Å². The summed E-state index contributed by atoms with van der Waals surface area (Å²) in [5.74, 6) is 0.539. The van der Waals surface area contributed by atoms with Gasteiger partial charge in [0, 0.05) is 5.02 Å². The first-order valence-corrected chi connectivity index (χ1v) is 6.91. The van der Waals surface area contributed by atoms with Crippen molar-refractivity contribution < 1.29 is 0 Å². The van der Waals surface area contributed by atoms with E-state index in [0.29, 0.717) is 30.8 Å². The molecule has 1 aromatic carbocycles. The highest BCUT2D eigenvalue weighted by molar-refractivity contribution is 7.73. The minimum atomic E-state index is -0.183. The van der Waals surface area contributed by atoms with Gasteiger partial charge < -0.3 is 0 Å². The molecule has 0 unspecified atom stereocenters. The maximum atomic E-state index is 12.5. The van der Waals surface area contributed by atoms with Gasteiger partial charge in [-0.15, -0.1) is 5.10 Å². The van der Waals surface area contributed by atoms with Crippen LogP contribution in [-0.2, 0) is 0 Å². The van der Waals surface area contributed by atoms with Gasteiger partial charge in [0.2, 0.25) is 5.13 Å². The van der Waals surface area contributed by atoms with Gasteiger partial charge in [-0.1, -0.05) is 22.9 Å². The lowest BCUT2D eigenvalue weighted by molar-refractivity contribution is 0.861. The highest BCUT2D eigenvalue weighted by atomic mass is 35.5. The standard InChI is InChI=1S/C11H7ClN4OS2/c1-5-13-8-4-6(12)2-3-7(8)9(17)16(5)10-14-15-11(18)19-10/h2-4H,1H3,(H,15,18). The van der Waals surface area contributed by atoms with E-state index in [0.717, 1.165) is 0 Å². The molecule has 19 heavy (non-hydrogen) atoms. The SMILES string of the molecule is Cc1nc2cc(Cl)ccc2c(=O)n1-c1n[nH]c(=S)s1. The molecule has 96 valence electrons. The van der Waals surface area contributed by atoms with E-state index >= 15 is 0 Å². The smallest absolute Gasteiger partial charge is 0.267 e. The highest BCUT2D eigenvalue weighted by Crippen LogP contribution is 2.17. The van der Waals surface area contributed by atoms with E-state index in [9.17, 15) is 4.79 Å². The molecule has 0 spiro atoms. The van der Waals surface area contributed by atoms with E-state index in [1.165, 1.54) is 15.9 Å². The number of halogens is 1. The number of H-pyrrole nitrogens is 1. The first-order valence-electron chi connectivity index (χ1n) is 5.31. The summed E-state index contributed by atoms with van der Waals surface area (Å²) in [6, 6.07) is 5.00. The maximum absolute atomic E-state index is 12.5. The molecule has 0 fully saturated rings. The molecule has 2 aromatic heterocycles. The second-order valence-electron chi connectivity index (χ2n) is 3.86. The molecule has 0 amide bonds. The number of nitrogens with one attached hydrogen (secondary N) is 1. The zero-order chi connectivity index (χ0) is 13.6. The summed E-state index contributed by atoms with van der Waals surface area (Å²) in [6.45, 7) is 1.74. The van der Waals surface area contributed by atoms with Gasteiger partial charge in [-0.25, -0.2) is 9.55 Å². The average Bonchev–Trinajstić information content (AvgIpc) is 2.75. The van der Waals surface area contributed by atoms with Crippen LogP contribution in [0, 0.1) is 10.9 Å². The second-order valence-corrected chi connectivity index (χ2v) is 5.94. The number of aromatic amines is 1. The lowest BCUT2D eigenvalue weighted by Crippen LogP contribution is -2.22. The number of rotatable bonds is 1. The molecule has 0 radical (unpaired) electrons. The van der Waals surface area contributed by atoms with E-state index in [2.05, 4.69) is 15.2 Å². The van der Waals surface area contributed by atoms with E-state index in [1.54, 1.807) is 25.1 Å². The Kier molecular flexibility index (Phi) is 2.96. The molecule has 3 rings (SSSR count). The molecule has 0 saturated carbocycles. The van der Waals surface area contributed by atoms with Crippen LogP contribution in [0.3, 0.4) is 0 Å². The number of hydrogen-bond acceptors (Lipinski definition) is 5. The van der Waals surface area contributed by atoms with Gasteiger partial charge in [0.05, 0.1) is 10.9 Å². The van der Waals surface area contributed by atoms with Crippen molar-refractivity contribution in [1.29, 1.82) is 0 Å². The first kappa shape index (κ1) is 12.5. The summed E-state index contributed by atoms with van der Waals surface area (Å²) in [4.78, 5) is 16.8. The summed E-state index contributed by atoms with van der Waals surface area (Å²) in [5.41, 5.74) is 0.391. The van der Waals surface area contributed by atoms with Gasteiger partial charge >= 0.3 is 0 Å². The van der Waals surface area contributed by atoms with Crippen molar-refractivity contribution in [2.75, 3.05) is 0 Å². The Hall–Kier alpha value is -1.57. The molecule has 0 aliphatic rings. The number of nitrogens with zero attached hydrogens (tertiary/aromatic N) is 3. The molecular formula is C11H7ClN4OS2. The third kappa shape index (κ3) is 2.09. The Bertz CT molecular complexity index is 896. The van der Waals surface area contributed by atoms with E-state index in [4.69, 9.17) is 23.8 Å². The fraction of sp³-hybridized carbons (Fsp3) is 0.0909. The molecule has 8 heteroatoms. The van der Waals surface area contributed by atoms with Crippen LogP contribution in [0.4, 0.5) is 0 Å². The molecule has 0 aliphatic carbocycles. The van der Waals surface area contributed by atoms with Gasteiger partial charge in [0.25, 0.3) is 5.56 Å². The number of fused-ring (bicyclic) bond motifs is 1. The quantitative estimate of drug-likeness (QED) is 0.702. The predicted octanol–water partition coefficient (Wildman–Crippen LogP) is 2.86. The third-order valence-electron chi connectivity index (χ3n) is 2.62. The normalized spacial score (nSPS) is 11.1. The van der Waals surface area contributed by atoms with Crippen molar-refractivity contribution in [2.24, 2.45) is 0 Å². The first-order chi connectivity index (χ1) is 9.06. The highest BCUT2D eigenvalue weighted by Gasteiger charge is 2.12. The molecule has 3 aromatic rings. The van der Waals surface area contributed by atoms with Gasteiger partial charge in [-0.2, -0.15) is 0 Å². The van der Waals surface area contributed by atoms with E-state index in [-0.39, 0.29) is 5.56 Å². The topological polar surface area (TPSA) is 63.6 Å². The summed E-state index contributed by atoms with van der Waals surface area (Å²) in [7, 11) is 0. The van der Waals surface area contributed by atoms with Gasteiger partial charge in [0.1, 0.15) is 5.82 Å². The zero-order valence-electron chi connectivity index (χ0n) is 9.68. The lowest BCUT2D eigenvalue weighted by Gasteiger charge is -2.07. The second kappa shape index (κ2) is 4.52. The largest absolute Gasteiger partial charge is 0.268 e. The van der Waals surface area contributed by atoms with Crippen LogP contribution in [-0.4, -0.2) is 19.7 Å². The van der Waals surface area contributed by atoms with Crippen LogP contribution in [0.25, 0.3) is 16.0 Å². The molecule has 0 saturated heterocycles. The molecule has 0 atom stereocenters. The molecular weight excluding hydrogens is 304 g/mol. The van der Waals surface area contributed by atoms with Crippen LogP contribution < -0.4 is 5.56 Å². The molecule has 0 bridgehead atoms. The number of benzene rings is 1. The monoisotopic (exact) mass is 310 g/mol. The average molecular weight is 311 g/mol. The Morgan fingerprint density at radius 1 is 1.47 bits per heavy atom. The number of aromatic nitrogens is 4. The Morgan fingerprint density at radius 3 is 2.95 bits per heavy atom. The van der Waals surface area contributed by atoms with Crippen molar-refractivity contribution in [3.8, 4) is 5.13 Å². The maximum Gasteiger partial charge on any atom is 0.267 e. The van der Waals surface area contributed by atoms with Crippen LogP contribution in [0.2, 0.25) is 5.02 Å². The molecule has 5 nitrogen and oxygen atoms in total. The van der Waals surface area contributed by atoms with Crippen LogP contribution in [0.1, 0.15) is 5.82 Å². The third-order valence-corrected chi connectivity index (χ3v) is 3.93. The number of aryl methyl sites for hydroxylation is 1. The molecule has 2 heterocycles. The minimum absolute atomic E-state index is 0.183. The van der Waals surface area contributed by atoms with Crippen LogP contribution in [0.5, 0.6) is 0 Å². The lowest BCUT2D eigenvalue weighted by atomic mass is 10.2. The molecule has 0 aliphatic heterocycles. The van der Waals surface area contributed by atoms with E-state index in [1.807, 2.05) is 0 Å². The Morgan fingerprint density at radius 2 is 2.26 bits per heavy atom.